The predicted molar refractivity (Wildman–Crippen MR) is 101 cm³/mol. The minimum Gasteiger partial charge on any atom is -0.497 e. The molecule has 142 valence electrons. The molecule has 0 spiro atoms. The average Bonchev–Trinajstić information content (AvgIpc) is 3.18. The first-order chi connectivity index (χ1) is 13.0. The summed E-state index contributed by atoms with van der Waals surface area (Å²) in [5.74, 6) is 0.422. The number of nitrogens with zero attached hydrogens (tertiary/aromatic N) is 1. The molecule has 1 saturated heterocycles. The van der Waals surface area contributed by atoms with Gasteiger partial charge in [-0.05, 0) is 36.2 Å². The van der Waals surface area contributed by atoms with Gasteiger partial charge in [-0.3, -0.25) is 4.79 Å². The number of hydrogen-bond donors (Lipinski definition) is 1. The van der Waals surface area contributed by atoms with E-state index in [1.165, 1.54) is 0 Å². The third-order valence-electron chi connectivity index (χ3n) is 5.00. The number of amides is 1. The molecule has 2 aromatic carbocycles. The van der Waals surface area contributed by atoms with Gasteiger partial charge < -0.3 is 19.5 Å². The second-order valence-corrected chi connectivity index (χ2v) is 6.57. The Hall–Kier alpha value is -3.02. The van der Waals surface area contributed by atoms with Crippen LogP contribution in [0.5, 0.6) is 11.5 Å². The van der Waals surface area contributed by atoms with Crippen LogP contribution < -0.4 is 9.47 Å². The molecule has 1 N–H and O–H groups in total. The lowest BCUT2D eigenvalue weighted by Crippen LogP contribution is -2.30. The summed E-state index contributed by atoms with van der Waals surface area (Å²) in [6.07, 6.45) is 0.971. The lowest BCUT2D eigenvalue weighted by molar-refractivity contribution is -0.129. The largest absolute Gasteiger partial charge is 0.497 e. The normalized spacial score (nSPS) is 16.2. The minimum absolute atomic E-state index is 0.00291. The van der Waals surface area contributed by atoms with Crippen LogP contribution in [0.2, 0.25) is 0 Å². The maximum atomic E-state index is 12.8. The molecule has 6 heteroatoms. The first-order valence-electron chi connectivity index (χ1n) is 8.84. The van der Waals surface area contributed by atoms with Crippen LogP contribution in [0.1, 0.15) is 33.8 Å². The van der Waals surface area contributed by atoms with Gasteiger partial charge in [0.1, 0.15) is 11.5 Å². The average molecular weight is 369 g/mol. The van der Waals surface area contributed by atoms with E-state index >= 15 is 0 Å². The Bertz CT molecular complexity index is 848. The molecule has 0 aliphatic carbocycles. The van der Waals surface area contributed by atoms with Crippen molar-refractivity contribution in [1.82, 2.24) is 4.90 Å². The molecule has 1 unspecified atom stereocenters. The third-order valence-corrected chi connectivity index (χ3v) is 5.00. The molecule has 1 fully saturated rings. The van der Waals surface area contributed by atoms with E-state index in [-0.39, 0.29) is 18.2 Å². The van der Waals surface area contributed by atoms with Crippen molar-refractivity contribution in [2.45, 2.75) is 18.8 Å². The smallest absolute Gasteiger partial charge is 0.335 e. The molecule has 1 heterocycles. The number of hydrogen-bond acceptors (Lipinski definition) is 4. The van der Waals surface area contributed by atoms with Gasteiger partial charge >= 0.3 is 5.97 Å². The van der Waals surface area contributed by atoms with Gasteiger partial charge in [0.2, 0.25) is 5.91 Å². The summed E-state index contributed by atoms with van der Waals surface area (Å²) in [5.41, 5.74) is 1.88. The highest BCUT2D eigenvalue weighted by Gasteiger charge is 2.30. The number of carboxylic acids is 1. The van der Waals surface area contributed by atoms with Gasteiger partial charge in [-0.1, -0.05) is 18.2 Å². The first kappa shape index (κ1) is 18.8. The van der Waals surface area contributed by atoms with Gasteiger partial charge in [0.25, 0.3) is 0 Å². The van der Waals surface area contributed by atoms with Crippen molar-refractivity contribution in [2.75, 3.05) is 27.3 Å². The van der Waals surface area contributed by atoms with Gasteiger partial charge in [0.05, 0.1) is 26.2 Å². The third kappa shape index (κ3) is 4.05. The van der Waals surface area contributed by atoms with Crippen LogP contribution in [0.3, 0.4) is 0 Å². The summed E-state index contributed by atoms with van der Waals surface area (Å²) >= 11 is 0. The number of methoxy groups -OCH3 is 2. The highest BCUT2D eigenvalue weighted by molar-refractivity contribution is 5.89. The summed E-state index contributed by atoms with van der Waals surface area (Å²) < 4.78 is 10.6. The SMILES string of the molecule is COc1ccc(OC)c(CC(=O)N2CCC(c3ccccc3C(=O)O)C2)c1. The summed E-state index contributed by atoms with van der Waals surface area (Å²) in [5, 5.41) is 9.40. The minimum atomic E-state index is -0.934. The Morgan fingerprint density at radius 1 is 1.15 bits per heavy atom. The van der Waals surface area contributed by atoms with Crippen LogP contribution in [0.25, 0.3) is 0 Å². The predicted octanol–water partition coefficient (Wildman–Crippen LogP) is 2.96. The molecule has 2 aromatic rings. The fourth-order valence-corrected chi connectivity index (χ4v) is 3.58. The standard InChI is InChI=1S/C21H23NO5/c1-26-16-7-8-19(27-2)15(11-16)12-20(23)22-10-9-14(13-22)17-5-3-4-6-18(17)21(24)25/h3-8,11,14H,9-10,12-13H2,1-2H3,(H,24,25). The van der Waals surface area contributed by atoms with E-state index < -0.39 is 5.97 Å². The van der Waals surface area contributed by atoms with Crippen LogP contribution in [-0.2, 0) is 11.2 Å². The van der Waals surface area contributed by atoms with Crippen molar-refractivity contribution >= 4 is 11.9 Å². The maximum Gasteiger partial charge on any atom is 0.335 e. The molecule has 1 amide bonds. The fraction of sp³-hybridized carbons (Fsp3) is 0.333. The first-order valence-corrected chi connectivity index (χ1v) is 8.84. The molecular weight excluding hydrogens is 346 g/mol. The van der Waals surface area contributed by atoms with Crippen molar-refractivity contribution in [2.24, 2.45) is 0 Å². The summed E-state index contributed by atoms with van der Waals surface area (Å²) in [6, 6.07) is 12.4. The quantitative estimate of drug-likeness (QED) is 0.847. The summed E-state index contributed by atoms with van der Waals surface area (Å²) in [7, 11) is 3.16. The Labute approximate surface area is 158 Å². The van der Waals surface area contributed by atoms with E-state index in [4.69, 9.17) is 9.47 Å². The zero-order chi connectivity index (χ0) is 19.4. The van der Waals surface area contributed by atoms with E-state index in [1.807, 2.05) is 18.2 Å². The van der Waals surface area contributed by atoms with E-state index in [9.17, 15) is 14.7 Å². The molecule has 6 nitrogen and oxygen atoms in total. The van der Waals surface area contributed by atoms with Crippen molar-refractivity contribution in [3.05, 3.63) is 59.2 Å². The molecule has 1 aliphatic heterocycles. The number of likely N-dealkylation sites (tertiary alicyclic amines) is 1. The molecule has 27 heavy (non-hydrogen) atoms. The van der Waals surface area contributed by atoms with Gasteiger partial charge in [-0.2, -0.15) is 0 Å². The lowest BCUT2D eigenvalue weighted by Gasteiger charge is -2.18. The fourth-order valence-electron chi connectivity index (χ4n) is 3.58. The molecule has 0 radical (unpaired) electrons. The second kappa shape index (κ2) is 8.12. The Morgan fingerprint density at radius 3 is 2.63 bits per heavy atom. The number of benzene rings is 2. The highest BCUT2D eigenvalue weighted by atomic mass is 16.5. The second-order valence-electron chi connectivity index (χ2n) is 6.57. The lowest BCUT2D eigenvalue weighted by atomic mass is 9.93. The van der Waals surface area contributed by atoms with E-state index in [1.54, 1.807) is 43.4 Å². The van der Waals surface area contributed by atoms with Crippen LogP contribution in [0, 0.1) is 0 Å². The highest BCUT2D eigenvalue weighted by Crippen LogP contribution is 2.31. The van der Waals surface area contributed by atoms with Crippen LogP contribution in [-0.4, -0.2) is 49.2 Å². The summed E-state index contributed by atoms with van der Waals surface area (Å²) in [6.45, 7) is 1.14. The van der Waals surface area contributed by atoms with Gasteiger partial charge in [-0.25, -0.2) is 4.79 Å². The Kier molecular flexibility index (Phi) is 5.64. The van der Waals surface area contributed by atoms with Crippen molar-refractivity contribution < 1.29 is 24.2 Å². The molecule has 0 bridgehead atoms. The molecule has 1 atom stereocenters. The number of rotatable bonds is 6. The zero-order valence-corrected chi connectivity index (χ0v) is 15.5. The Balaban J connectivity index is 1.73. The molecule has 1 aliphatic rings. The van der Waals surface area contributed by atoms with Gasteiger partial charge in [0.15, 0.2) is 0 Å². The van der Waals surface area contributed by atoms with Gasteiger partial charge in [-0.15, -0.1) is 0 Å². The molecule has 0 aromatic heterocycles. The maximum absolute atomic E-state index is 12.8. The number of aromatic carboxylic acids is 1. The number of carbonyl (C=O) groups excluding carboxylic acids is 1. The van der Waals surface area contributed by atoms with E-state index in [2.05, 4.69) is 0 Å². The summed E-state index contributed by atoms with van der Waals surface area (Å²) in [4.78, 5) is 26.0. The molecule has 3 rings (SSSR count). The van der Waals surface area contributed by atoms with Crippen molar-refractivity contribution in [3.63, 3.8) is 0 Å². The molecule has 0 saturated carbocycles. The van der Waals surface area contributed by atoms with E-state index in [0.29, 0.717) is 30.2 Å². The molecular formula is C21H23NO5. The van der Waals surface area contributed by atoms with Crippen LogP contribution in [0.4, 0.5) is 0 Å². The zero-order valence-electron chi connectivity index (χ0n) is 15.5. The topological polar surface area (TPSA) is 76.1 Å². The number of carboxylic acid groups (broad SMARTS) is 1. The number of ether oxygens (including phenoxy) is 2. The van der Waals surface area contributed by atoms with E-state index in [0.717, 1.165) is 17.5 Å². The van der Waals surface area contributed by atoms with Crippen LogP contribution in [0.15, 0.2) is 42.5 Å². The van der Waals surface area contributed by atoms with Gasteiger partial charge in [0, 0.05) is 24.6 Å². The van der Waals surface area contributed by atoms with Crippen molar-refractivity contribution in [3.8, 4) is 11.5 Å². The number of carbonyl (C=O) groups is 2. The van der Waals surface area contributed by atoms with Crippen molar-refractivity contribution in [1.29, 1.82) is 0 Å². The monoisotopic (exact) mass is 369 g/mol. The Morgan fingerprint density at radius 2 is 1.93 bits per heavy atom. The van der Waals surface area contributed by atoms with Crippen LogP contribution >= 0.6 is 0 Å².